The van der Waals surface area contributed by atoms with E-state index in [0.717, 1.165) is 15.4 Å². The second kappa shape index (κ2) is 6.34. The molecule has 3 rings (SSSR count). The predicted octanol–water partition coefficient (Wildman–Crippen LogP) is 4.59. The fraction of sp³-hybridized carbons (Fsp3) is 0.118. The Balaban J connectivity index is 1.82. The number of methoxy groups -OCH3 is 1. The number of furan rings is 1. The number of rotatable bonds is 4. The zero-order valence-electron chi connectivity index (χ0n) is 11.9. The maximum Gasteiger partial charge on any atom is 0.291 e. The van der Waals surface area contributed by atoms with Gasteiger partial charge in [0, 0.05) is 22.7 Å². The quantitative estimate of drug-likeness (QED) is 0.740. The Morgan fingerprint density at radius 3 is 2.91 bits per heavy atom. The van der Waals surface area contributed by atoms with Gasteiger partial charge in [0.2, 0.25) is 0 Å². The molecule has 2 aromatic carbocycles. The van der Waals surface area contributed by atoms with Crippen molar-refractivity contribution in [3.05, 3.63) is 64.3 Å². The summed E-state index contributed by atoms with van der Waals surface area (Å²) in [6.07, 6.45) is 0. The van der Waals surface area contributed by atoms with E-state index in [-0.39, 0.29) is 11.7 Å². The van der Waals surface area contributed by atoms with Crippen LogP contribution in [-0.2, 0) is 11.3 Å². The van der Waals surface area contributed by atoms with E-state index in [0.29, 0.717) is 17.9 Å². The number of nitrogens with one attached hydrogen (secondary N) is 1. The maximum atomic E-state index is 12.3. The monoisotopic (exact) mass is 359 g/mol. The molecule has 0 atom stereocenters. The highest BCUT2D eigenvalue weighted by Crippen LogP contribution is 2.24. The second-order valence-electron chi connectivity index (χ2n) is 4.88. The van der Waals surface area contributed by atoms with Crippen molar-refractivity contribution in [3.63, 3.8) is 0 Å². The summed E-state index contributed by atoms with van der Waals surface area (Å²) in [4.78, 5) is 12.3. The smallest absolute Gasteiger partial charge is 0.291 e. The number of carbonyl (C=O) groups excluding carboxylic acids is 1. The molecule has 0 saturated heterocycles. The summed E-state index contributed by atoms with van der Waals surface area (Å²) in [6.45, 7) is 0.502. The number of anilines is 1. The second-order valence-corrected chi connectivity index (χ2v) is 5.80. The minimum Gasteiger partial charge on any atom is -0.451 e. The van der Waals surface area contributed by atoms with E-state index < -0.39 is 0 Å². The van der Waals surface area contributed by atoms with E-state index in [1.54, 1.807) is 13.2 Å². The summed E-state index contributed by atoms with van der Waals surface area (Å²) >= 11 is 3.40. The van der Waals surface area contributed by atoms with Gasteiger partial charge >= 0.3 is 0 Å². The average Bonchev–Trinajstić information content (AvgIpc) is 2.91. The molecule has 5 heteroatoms. The normalized spacial score (nSPS) is 10.8. The zero-order chi connectivity index (χ0) is 15.5. The summed E-state index contributed by atoms with van der Waals surface area (Å²) in [5.41, 5.74) is 2.39. The molecule has 1 aromatic heterocycles. The Bertz CT molecular complexity index is 826. The van der Waals surface area contributed by atoms with Crippen LogP contribution in [0.5, 0.6) is 0 Å². The third-order valence-corrected chi connectivity index (χ3v) is 3.69. The van der Waals surface area contributed by atoms with Crippen molar-refractivity contribution in [2.75, 3.05) is 12.4 Å². The maximum absolute atomic E-state index is 12.3. The molecule has 3 aromatic rings. The van der Waals surface area contributed by atoms with E-state index >= 15 is 0 Å². The average molecular weight is 360 g/mol. The lowest BCUT2D eigenvalue weighted by Gasteiger charge is -2.05. The minimum atomic E-state index is -0.276. The molecule has 112 valence electrons. The van der Waals surface area contributed by atoms with Crippen molar-refractivity contribution >= 4 is 38.5 Å². The van der Waals surface area contributed by atoms with Gasteiger partial charge in [0.05, 0.1) is 6.61 Å². The first-order valence-corrected chi connectivity index (χ1v) is 7.53. The van der Waals surface area contributed by atoms with E-state index in [9.17, 15) is 4.79 Å². The number of halogens is 1. The molecule has 1 heterocycles. The van der Waals surface area contributed by atoms with Crippen molar-refractivity contribution in [2.45, 2.75) is 6.61 Å². The molecule has 0 unspecified atom stereocenters. The van der Waals surface area contributed by atoms with Crippen molar-refractivity contribution in [1.29, 1.82) is 0 Å². The van der Waals surface area contributed by atoms with Gasteiger partial charge in [-0.3, -0.25) is 4.79 Å². The molecule has 4 nitrogen and oxygen atoms in total. The van der Waals surface area contributed by atoms with Crippen molar-refractivity contribution in [2.24, 2.45) is 0 Å². The number of carbonyl (C=O) groups is 1. The van der Waals surface area contributed by atoms with E-state index in [2.05, 4.69) is 21.2 Å². The molecule has 1 amide bonds. The van der Waals surface area contributed by atoms with Crippen LogP contribution in [0.1, 0.15) is 16.1 Å². The summed E-state index contributed by atoms with van der Waals surface area (Å²) in [5, 5.41) is 3.71. The first-order chi connectivity index (χ1) is 10.7. The first kappa shape index (κ1) is 14.8. The number of ether oxygens (including phenoxy) is 1. The first-order valence-electron chi connectivity index (χ1n) is 6.74. The molecule has 0 fully saturated rings. The lowest BCUT2D eigenvalue weighted by atomic mass is 10.2. The van der Waals surface area contributed by atoms with Crippen molar-refractivity contribution < 1.29 is 13.9 Å². The Morgan fingerprint density at radius 1 is 1.23 bits per heavy atom. The third kappa shape index (κ3) is 3.21. The molecular formula is C17H14BrNO3. The molecule has 0 aliphatic rings. The van der Waals surface area contributed by atoms with Crippen LogP contribution in [-0.4, -0.2) is 13.0 Å². The molecule has 0 aliphatic heterocycles. The standard InChI is InChI=1S/C17H14BrNO3/c1-21-10-11-3-2-4-14(7-11)19-17(20)16-9-12-8-13(18)5-6-15(12)22-16/h2-9H,10H2,1H3,(H,19,20). The zero-order valence-corrected chi connectivity index (χ0v) is 13.5. The fourth-order valence-electron chi connectivity index (χ4n) is 2.22. The summed E-state index contributed by atoms with van der Waals surface area (Å²) in [7, 11) is 1.64. The van der Waals surface area contributed by atoms with Crippen LogP contribution in [0.3, 0.4) is 0 Å². The summed E-state index contributed by atoms with van der Waals surface area (Å²) in [5.74, 6) is 0.00661. The third-order valence-electron chi connectivity index (χ3n) is 3.20. The molecule has 0 spiro atoms. The molecule has 22 heavy (non-hydrogen) atoms. The molecule has 1 N–H and O–H groups in total. The van der Waals surface area contributed by atoms with E-state index in [1.165, 1.54) is 0 Å². The van der Waals surface area contributed by atoms with Gasteiger partial charge in [0.25, 0.3) is 5.91 Å². The number of benzene rings is 2. The van der Waals surface area contributed by atoms with Crippen LogP contribution in [0.15, 0.2) is 57.4 Å². The van der Waals surface area contributed by atoms with Crippen LogP contribution in [0, 0.1) is 0 Å². The number of hydrogen-bond acceptors (Lipinski definition) is 3. The van der Waals surface area contributed by atoms with E-state index in [1.807, 2.05) is 42.5 Å². The highest BCUT2D eigenvalue weighted by atomic mass is 79.9. The van der Waals surface area contributed by atoms with Gasteiger partial charge in [-0.05, 0) is 42.0 Å². The number of amides is 1. The fourth-order valence-corrected chi connectivity index (χ4v) is 2.60. The van der Waals surface area contributed by atoms with Crippen LogP contribution in [0.25, 0.3) is 11.0 Å². The largest absolute Gasteiger partial charge is 0.451 e. The lowest BCUT2D eigenvalue weighted by molar-refractivity contribution is 0.0998. The van der Waals surface area contributed by atoms with Gasteiger partial charge in [-0.1, -0.05) is 28.1 Å². The molecular weight excluding hydrogens is 346 g/mol. The SMILES string of the molecule is COCc1cccc(NC(=O)c2cc3cc(Br)ccc3o2)c1. The van der Waals surface area contributed by atoms with Gasteiger partial charge in [-0.15, -0.1) is 0 Å². The van der Waals surface area contributed by atoms with Gasteiger partial charge in [0.15, 0.2) is 5.76 Å². The lowest BCUT2D eigenvalue weighted by Crippen LogP contribution is -2.10. The van der Waals surface area contributed by atoms with Gasteiger partial charge in [-0.2, -0.15) is 0 Å². The minimum absolute atomic E-state index is 0.276. The molecule has 0 saturated carbocycles. The number of hydrogen-bond donors (Lipinski definition) is 1. The van der Waals surface area contributed by atoms with E-state index in [4.69, 9.17) is 9.15 Å². The van der Waals surface area contributed by atoms with Crippen molar-refractivity contribution in [3.8, 4) is 0 Å². The Hall–Kier alpha value is -2.11. The highest BCUT2D eigenvalue weighted by Gasteiger charge is 2.13. The highest BCUT2D eigenvalue weighted by molar-refractivity contribution is 9.10. The summed E-state index contributed by atoms with van der Waals surface area (Å²) in [6, 6.07) is 14.9. The van der Waals surface area contributed by atoms with Crippen LogP contribution < -0.4 is 5.32 Å². The molecule has 0 bridgehead atoms. The van der Waals surface area contributed by atoms with Gasteiger partial charge in [-0.25, -0.2) is 0 Å². The Labute approximate surface area is 136 Å². The van der Waals surface area contributed by atoms with Crippen LogP contribution >= 0.6 is 15.9 Å². The molecule has 0 radical (unpaired) electrons. The molecule has 0 aliphatic carbocycles. The van der Waals surface area contributed by atoms with Crippen molar-refractivity contribution in [1.82, 2.24) is 0 Å². The Kier molecular flexibility index (Phi) is 4.27. The topological polar surface area (TPSA) is 51.5 Å². The summed E-state index contributed by atoms with van der Waals surface area (Å²) < 4.78 is 11.6. The predicted molar refractivity (Wildman–Crippen MR) is 89.0 cm³/mol. The number of fused-ring (bicyclic) bond motifs is 1. The van der Waals surface area contributed by atoms with Gasteiger partial charge < -0.3 is 14.5 Å². The van der Waals surface area contributed by atoms with Crippen LogP contribution in [0.2, 0.25) is 0 Å². The van der Waals surface area contributed by atoms with Crippen LogP contribution in [0.4, 0.5) is 5.69 Å². The van der Waals surface area contributed by atoms with Gasteiger partial charge in [0.1, 0.15) is 5.58 Å². The Morgan fingerprint density at radius 2 is 2.09 bits per heavy atom.